The van der Waals surface area contributed by atoms with E-state index in [0.717, 1.165) is 5.84 Å². The van der Waals surface area contributed by atoms with Gasteiger partial charge >= 0.3 is 0 Å². The molecule has 0 amide bonds. The van der Waals surface area contributed by atoms with Gasteiger partial charge in [-0.1, -0.05) is 0 Å². The number of nitrogens with two attached hydrogens (primary N) is 1. The van der Waals surface area contributed by atoms with E-state index >= 15 is 0 Å². The van der Waals surface area contributed by atoms with E-state index in [1.807, 2.05) is 13.8 Å². The molecule has 0 aliphatic carbocycles. The summed E-state index contributed by atoms with van der Waals surface area (Å²) in [6.07, 6.45) is 0.189. The van der Waals surface area contributed by atoms with E-state index in [2.05, 4.69) is 15.6 Å². The molecule has 4 N–H and O–H groups in total. The quantitative estimate of drug-likeness (QED) is 0.283. The number of rotatable bonds is 3. The highest BCUT2D eigenvalue weighted by Gasteiger charge is 1.96. The molecule has 0 saturated heterocycles. The first kappa shape index (κ1) is 9.39. The monoisotopic (exact) mass is 144 g/mol. The van der Waals surface area contributed by atoms with Crippen molar-refractivity contribution in [3.8, 4) is 0 Å². The molecule has 60 valence electrons. The van der Waals surface area contributed by atoms with Crippen LogP contribution in [0.1, 0.15) is 13.8 Å². The van der Waals surface area contributed by atoms with Crippen LogP contribution in [0.15, 0.2) is 4.99 Å². The summed E-state index contributed by atoms with van der Waals surface area (Å²) in [4.78, 5) is 3.94. The lowest BCUT2D eigenvalue weighted by Gasteiger charge is -2.14. The highest BCUT2D eigenvalue weighted by Crippen LogP contribution is 1.74. The highest BCUT2D eigenvalue weighted by atomic mass is 15.2. The molecular weight excluding hydrogens is 128 g/mol. The fourth-order valence-corrected chi connectivity index (χ4v) is 0.606. The van der Waals surface area contributed by atoms with Crippen molar-refractivity contribution < 1.29 is 0 Å². The van der Waals surface area contributed by atoms with Gasteiger partial charge in [0, 0.05) is 13.7 Å². The van der Waals surface area contributed by atoms with Crippen molar-refractivity contribution in [1.29, 1.82) is 0 Å². The molecule has 1 atom stereocenters. The Morgan fingerprint density at radius 2 is 2.30 bits per heavy atom. The van der Waals surface area contributed by atoms with Gasteiger partial charge in [-0.05, 0) is 13.8 Å². The number of hydrogen-bond donors (Lipinski definition) is 3. The molecule has 0 bridgehead atoms. The number of nitrogens with zero attached hydrogens (tertiary/aromatic N) is 1. The van der Waals surface area contributed by atoms with Crippen LogP contribution in [0, 0.1) is 0 Å². The van der Waals surface area contributed by atoms with Gasteiger partial charge in [0.25, 0.3) is 0 Å². The Labute approximate surface area is 61.9 Å². The van der Waals surface area contributed by atoms with Gasteiger partial charge in [-0.3, -0.25) is 10.3 Å². The van der Waals surface area contributed by atoms with E-state index in [1.165, 1.54) is 0 Å². The Morgan fingerprint density at radius 1 is 1.70 bits per heavy atom. The average Bonchev–Trinajstić information content (AvgIpc) is 1.88. The van der Waals surface area contributed by atoms with E-state index in [9.17, 15) is 0 Å². The number of aliphatic imine (C=N–C) groups is 1. The standard InChI is InChI=1S/C6H16N4/c1-5(8-3)10-6(2)9-4-7/h6,9H,4,7H2,1-3H3,(H,8,10). The molecule has 0 spiro atoms. The fraction of sp³-hybridized carbons (Fsp3) is 0.833. The molecule has 0 heterocycles. The van der Waals surface area contributed by atoms with E-state index < -0.39 is 0 Å². The molecule has 1 unspecified atom stereocenters. The first-order valence-electron chi connectivity index (χ1n) is 3.34. The molecule has 4 heteroatoms. The molecule has 0 aromatic heterocycles. The van der Waals surface area contributed by atoms with E-state index in [4.69, 9.17) is 5.73 Å². The topological polar surface area (TPSA) is 62.4 Å². The summed E-state index contributed by atoms with van der Waals surface area (Å²) in [5.41, 5.74) is 5.26. The molecule has 0 aromatic rings. The summed E-state index contributed by atoms with van der Waals surface area (Å²) in [5, 5.41) is 6.09. The SMILES string of the molecule is CN=C(C)NC(C)NCN. The summed E-state index contributed by atoms with van der Waals surface area (Å²) >= 11 is 0. The summed E-state index contributed by atoms with van der Waals surface area (Å²) < 4.78 is 0. The Bertz CT molecular complexity index is 110. The summed E-state index contributed by atoms with van der Waals surface area (Å²) in [7, 11) is 1.75. The molecule has 0 fully saturated rings. The molecule has 0 saturated carbocycles. The second kappa shape index (κ2) is 5.20. The van der Waals surface area contributed by atoms with E-state index in [0.29, 0.717) is 6.67 Å². The number of nitrogens with one attached hydrogen (secondary N) is 2. The van der Waals surface area contributed by atoms with Gasteiger partial charge in [0.1, 0.15) is 0 Å². The van der Waals surface area contributed by atoms with Gasteiger partial charge in [-0.25, -0.2) is 0 Å². The summed E-state index contributed by atoms with van der Waals surface area (Å²) in [5.74, 6) is 0.911. The van der Waals surface area contributed by atoms with Crippen molar-refractivity contribution >= 4 is 5.84 Å². The number of amidine groups is 1. The van der Waals surface area contributed by atoms with Crippen molar-refractivity contribution in [3.63, 3.8) is 0 Å². The zero-order valence-corrected chi connectivity index (χ0v) is 6.81. The Balaban J connectivity index is 3.47. The van der Waals surface area contributed by atoms with Crippen LogP contribution in [0.3, 0.4) is 0 Å². The molecule has 4 nitrogen and oxygen atoms in total. The Hall–Kier alpha value is -0.610. The molecule has 0 aliphatic rings. The van der Waals surface area contributed by atoms with Crippen molar-refractivity contribution in [1.82, 2.24) is 10.6 Å². The maximum absolute atomic E-state index is 5.26. The maximum atomic E-state index is 5.26. The van der Waals surface area contributed by atoms with Crippen LogP contribution < -0.4 is 16.4 Å². The normalized spacial score (nSPS) is 15.0. The Kier molecular flexibility index (Phi) is 4.88. The van der Waals surface area contributed by atoms with Crippen LogP contribution in [0.25, 0.3) is 0 Å². The van der Waals surface area contributed by atoms with Crippen LogP contribution >= 0.6 is 0 Å². The van der Waals surface area contributed by atoms with E-state index in [-0.39, 0.29) is 6.17 Å². The lowest BCUT2D eigenvalue weighted by molar-refractivity contribution is 0.530. The van der Waals surface area contributed by atoms with Crippen LogP contribution in [0.5, 0.6) is 0 Å². The average molecular weight is 144 g/mol. The van der Waals surface area contributed by atoms with Gasteiger partial charge in [-0.15, -0.1) is 0 Å². The smallest absolute Gasteiger partial charge is 0.0940 e. The predicted molar refractivity (Wildman–Crippen MR) is 43.8 cm³/mol. The Morgan fingerprint density at radius 3 is 2.70 bits per heavy atom. The maximum Gasteiger partial charge on any atom is 0.0940 e. The predicted octanol–water partition coefficient (Wildman–Crippen LogP) is -0.524. The molecule has 0 aromatic carbocycles. The second-order valence-electron chi connectivity index (χ2n) is 2.08. The lowest BCUT2D eigenvalue weighted by atomic mass is 10.5. The van der Waals surface area contributed by atoms with Gasteiger partial charge < -0.3 is 11.1 Å². The zero-order chi connectivity index (χ0) is 7.98. The zero-order valence-electron chi connectivity index (χ0n) is 6.81. The van der Waals surface area contributed by atoms with Crippen LogP contribution in [-0.4, -0.2) is 25.7 Å². The minimum absolute atomic E-state index is 0.189. The van der Waals surface area contributed by atoms with Gasteiger partial charge in [0.05, 0.1) is 12.0 Å². The summed E-state index contributed by atoms with van der Waals surface area (Å²) in [6.45, 7) is 4.38. The lowest BCUT2D eigenvalue weighted by Crippen LogP contribution is -2.44. The minimum Gasteiger partial charge on any atom is -0.359 e. The van der Waals surface area contributed by atoms with Gasteiger partial charge in [-0.2, -0.15) is 0 Å². The highest BCUT2D eigenvalue weighted by molar-refractivity contribution is 5.79. The molecule has 0 aliphatic heterocycles. The first-order chi connectivity index (χ1) is 4.70. The van der Waals surface area contributed by atoms with Crippen molar-refractivity contribution in [2.45, 2.75) is 20.0 Å². The van der Waals surface area contributed by atoms with Crippen molar-refractivity contribution in [2.24, 2.45) is 10.7 Å². The second-order valence-corrected chi connectivity index (χ2v) is 2.08. The third-order valence-corrected chi connectivity index (χ3v) is 1.18. The van der Waals surface area contributed by atoms with Crippen LogP contribution in [-0.2, 0) is 0 Å². The van der Waals surface area contributed by atoms with Crippen molar-refractivity contribution in [3.05, 3.63) is 0 Å². The molecule has 10 heavy (non-hydrogen) atoms. The molecular formula is C6H16N4. The van der Waals surface area contributed by atoms with Gasteiger partial charge in [0.2, 0.25) is 0 Å². The van der Waals surface area contributed by atoms with Crippen LogP contribution in [0.4, 0.5) is 0 Å². The van der Waals surface area contributed by atoms with Crippen molar-refractivity contribution in [2.75, 3.05) is 13.7 Å². The molecule has 0 radical (unpaired) electrons. The minimum atomic E-state index is 0.189. The third-order valence-electron chi connectivity index (χ3n) is 1.18. The molecule has 0 rings (SSSR count). The van der Waals surface area contributed by atoms with Crippen LogP contribution in [0.2, 0.25) is 0 Å². The largest absolute Gasteiger partial charge is 0.359 e. The summed E-state index contributed by atoms with van der Waals surface area (Å²) in [6, 6.07) is 0. The van der Waals surface area contributed by atoms with E-state index in [1.54, 1.807) is 7.05 Å². The first-order valence-corrected chi connectivity index (χ1v) is 3.34. The van der Waals surface area contributed by atoms with Gasteiger partial charge in [0.15, 0.2) is 0 Å². The fourth-order valence-electron chi connectivity index (χ4n) is 0.606. The number of hydrogen-bond acceptors (Lipinski definition) is 3. The third kappa shape index (κ3) is 4.29.